The number of aliphatic carboxylic acids is 1. The minimum atomic E-state index is -1.02. The summed E-state index contributed by atoms with van der Waals surface area (Å²) < 4.78 is 10.6. The number of anilines is 1. The number of nitrogens with one attached hydrogen (secondary N) is 1. The van der Waals surface area contributed by atoms with Crippen LogP contribution >= 0.6 is 23.2 Å². The van der Waals surface area contributed by atoms with E-state index in [-0.39, 0.29) is 31.2 Å². The van der Waals surface area contributed by atoms with Crippen LogP contribution in [0.5, 0.6) is 5.75 Å². The average Bonchev–Trinajstić information content (AvgIpc) is 3.30. The molecule has 0 aliphatic carbocycles. The number of amides is 1. The number of hydrazone groups is 1. The number of hydrogen-bond acceptors (Lipinski definition) is 7. The van der Waals surface area contributed by atoms with Crippen molar-refractivity contribution in [2.75, 3.05) is 31.9 Å². The molecule has 2 atom stereocenters. The van der Waals surface area contributed by atoms with Crippen molar-refractivity contribution in [3.05, 3.63) is 58.1 Å². The Hall–Kier alpha value is -2.85. The number of piperidine rings is 1. The number of carboxylic acid groups (broad SMARTS) is 1. The first-order chi connectivity index (χ1) is 17.4. The maximum absolute atomic E-state index is 13.3. The van der Waals surface area contributed by atoms with E-state index < -0.39 is 5.97 Å². The molecule has 11 heteroatoms. The molecule has 4 rings (SSSR count). The summed E-state index contributed by atoms with van der Waals surface area (Å²) >= 11 is 12.6. The molecular weight excluding hydrogens is 507 g/mol. The molecule has 0 saturated carbocycles. The minimum Gasteiger partial charge on any atom is -0.497 e. The van der Waals surface area contributed by atoms with Gasteiger partial charge in [0.05, 0.1) is 36.5 Å². The highest BCUT2D eigenvalue weighted by molar-refractivity contribution is 6.40. The molecule has 2 aromatic carbocycles. The SMILES string of the molecule is COc1ccc(C2CC(C(=O)NN3CCCCC3COCC(=O)O)=NN2c2ccc(Cl)cc2Cl)cc1. The summed E-state index contributed by atoms with van der Waals surface area (Å²) in [4.78, 5) is 24.1. The van der Waals surface area contributed by atoms with Gasteiger partial charge in [0.1, 0.15) is 18.1 Å². The summed E-state index contributed by atoms with van der Waals surface area (Å²) in [5, 5.41) is 18.0. The van der Waals surface area contributed by atoms with E-state index in [2.05, 4.69) is 10.5 Å². The third-order valence-electron chi connectivity index (χ3n) is 6.24. The van der Waals surface area contributed by atoms with Crippen molar-refractivity contribution in [1.82, 2.24) is 10.4 Å². The van der Waals surface area contributed by atoms with Gasteiger partial charge in [-0.15, -0.1) is 0 Å². The normalized spacial score (nSPS) is 20.2. The standard InChI is InChI=1S/C25H28Cl2N4O5/c1-35-19-8-5-16(6-9-19)23-13-21(28-31(23)22-10-7-17(26)12-20(22)27)25(34)29-30-11-3-2-4-18(30)14-36-15-24(32)33/h5-10,12,18,23H,2-4,11,13-15H2,1H3,(H,29,34)(H,32,33). The van der Waals surface area contributed by atoms with Crippen LogP contribution in [0, 0.1) is 0 Å². The maximum Gasteiger partial charge on any atom is 0.329 e. The van der Waals surface area contributed by atoms with Crippen LogP contribution in [0.2, 0.25) is 10.0 Å². The van der Waals surface area contributed by atoms with Crippen LogP contribution in [0.3, 0.4) is 0 Å². The van der Waals surface area contributed by atoms with E-state index in [1.807, 2.05) is 29.3 Å². The van der Waals surface area contributed by atoms with E-state index >= 15 is 0 Å². The van der Waals surface area contributed by atoms with Crippen LogP contribution in [-0.2, 0) is 14.3 Å². The molecule has 2 N–H and O–H groups in total. The number of nitrogens with zero attached hydrogens (tertiary/aromatic N) is 3. The Labute approximate surface area is 219 Å². The van der Waals surface area contributed by atoms with Gasteiger partial charge in [-0.25, -0.2) is 9.80 Å². The number of halogens is 2. The van der Waals surface area contributed by atoms with Crippen molar-refractivity contribution < 1.29 is 24.2 Å². The smallest absolute Gasteiger partial charge is 0.329 e. The number of rotatable bonds is 9. The molecule has 0 bridgehead atoms. The number of carbonyl (C=O) groups excluding carboxylic acids is 1. The van der Waals surface area contributed by atoms with E-state index in [1.54, 1.807) is 30.3 Å². The molecule has 2 aliphatic rings. The molecular formula is C25H28Cl2N4O5. The highest BCUT2D eigenvalue weighted by Gasteiger charge is 2.35. The van der Waals surface area contributed by atoms with Crippen LogP contribution in [0.1, 0.15) is 37.3 Å². The highest BCUT2D eigenvalue weighted by Crippen LogP contribution is 2.40. The van der Waals surface area contributed by atoms with Gasteiger partial charge in [0.15, 0.2) is 0 Å². The first-order valence-corrected chi connectivity index (χ1v) is 12.4. The number of methoxy groups -OCH3 is 1. The number of ether oxygens (including phenoxy) is 2. The second-order valence-electron chi connectivity index (χ2n) is 8.67. The van der Waals surface area contributed by atoms with Crippen LogP contribution in [-0.4, -0.2) is 60.6 Å². The molecule has 1 amide bonds. The van der Waals surface area contributed by atoms with Crippen molar-refractivity contribution in [2.24, 2.45) is 5.10 Å². The van der Waals surface area contributed by atoms with Gasteiger partial charge in [-0.2, -0.15) is 5.10 Å². The molecule has 2 unspecified atom stereocenters. The van der Waals surface area contributed by atoms with E-state index in [4.69, 9.17) is 37.8 Å². The van der Waals surface area contributed by atoms with Crippen LogP contribution in [0.15, 0.2) is 47.6 Å². The van der Waals surface area contributed by atoms with E-state index in [9.17, 15) is 9.59 Å². The van der Waals surface area contributed by atoms with E-state index in [0.29, 0.717) is 34.4 Å². The lowest BCUT2D eigenvalue weighted by Crippen LogP contribution is -2.54. The largest absolute Gasteiger partial charge is 0.497 e. The molecule has 2 aromatic rings. The highest BCUT2D eigenvalue weighted by atomic mass is 35.5. The van der Waals surface area contributed by atoms with Gasteiger partial charge < -0.3 is 14.6 Å². The molecule has 0 spiro atoms. The van der Waals surface area contributed by atoms with Crippen molar-refractivity contribution in [2.45, 2.75) is 37.8 Å². The molecule has 1 saturated heterocycles. The number of hydrazine groups is 1. The second-order valence-corrected chi connectivity index (χ2v) is 9.52. The predicted molar refractivity (Wildman–Crippen MR) is 138 cm³/mol. The number of carbonyl (C=O) groups is 2. The lowest BCUT2D eigenvalue weighted by atomic mass is 10.0. The number of carboxylic acids is 1. The zero-order valence-electron chi connectivity index (χ0n) is 19.8. The van der Waals surface area contributed by atoms with Crippen molar-refractivity contribution in [3.63, 3.8) is 0 Å². The molecule has 2 heterocycles. The maximum atomic E-state index is 13.3. The molecule has 1 fully saturated rings. The van der Waals surface area contributed by atoms with Gasteiger partial charge in [0.2, 0.25) is 0 Å². The summed E-state index contributed by atoms with van der Waals surface area (Å²) in [6, 6.07) is 12.4. The van der Waals surface area contributed by atoms with Gasteiger partial charge >= 0.3 is 5.97 Å². The summed E-state index contributed by atoms with van der Waals surface area (Å²) in [6.45, 7) is 0.500. The first kappa shape index (κ1) is 26.2. The Bertz CT molecular complexity index is 1130. The van der Waals surface area contributed by atoms with Crippen LogP contribution in [0.4, 0.5) is 5.69 Å². The molecule has 9 nitrogen and oxygen atoms in total. The van der Waals surface area contributed by atoms with Gasteiger partial charge in [0, 0.05) is 18.0 Å². The predicted octanol–water partition coefficient (Wildman–Crippen LogP) is 4.30. The van der Waals surface area contributed by atoms with Crippen molar-refractivity contribution in [3.8, 4) is 5.75 Å². The average molecular weight is 535 g/mol. The zero-order valence-corrected chi connectivity index (χ0v) is 21.3. The fraction of sp³-hybridized carbons (Fsp3) is 0.400. The molecule has 0 aromatic heterocycles. The first-order valence-electron chi connectivity index (χ1n) is 11.7. The fourth-order valence-corrected chi connectivity index (χ4v) is 4.92. The quantitative estimate of drug-likeness (QED) is 0.494. The Morgan fingerprint density at radius 2 is 1.94 bits per heavy atom. The van der Waals surface area contributed by atoms with Gasteiger partial charge in [-0.05, 0) is 48.7 Å². The summed E-state index contributed by atoms with van der Waals surface area (Å²) in [5.41, 5.74) is 4.92. The fourth-order valence-electron chi connectivity index (χ4n) is 4.42. The summed E-state index contributed by atoms with van der Waals surface area (Å²) in [5.74, 6) is -0.605. The summed E-state index contributed by atoms with van der Waals surface area (Å²) in [7, 11) is 1.61. The van der Waals surface area contributed by atoms with Crippen molar-refractivity contribution in [1.29, 1.82) is 0 Å². The Balaban J connectivity index is 1.54. The topological polar surface area (TPSA) is 104 Å². The number of benzene rings is 2. The van der Waals surface area contributed by atoms with Crippen molar-refractivity contribution >= 4 is 46.5 Å². The second kappa shape index (κ2) is 11.9. The summed E-state index contributed by atoms with van der Waals surface area (Å²) in [6.07, 6.45) is 3.07. The lowest BCUT2D eigenvalue weighted by Gasteiger charge is -2.35. The van der Waals surface area contributed by atoms with E-state index in [0.717, 1.165) is 30.6 Å². The monoisotopic (exact) mass is 534 g/mol. The van der Waals surface area contributed by atoms with Gasteiger partial charge in [-0.3, -0.25) is 15.2 Å². The molecule has 2 aliphatic heterocycles. The van der Waals surface area contributed by atoms with Gasteiger partial charge in [-0.1, -0.05) is 41.8 Å². The third-order valence-corrected chi connectivity index (χ3v) is 6.78. The molecule has 36 heavy (non-hydrogen) atoms. The zero-order chi connectivity index (χ0) is 25.7. The third kappa shape index (κ3) is 6.28. The Morgan fingerprint density at radius 1 is 1.17 bits per heavy atom. The number of hydrogen-bond donors (Lipinski definition) is 2. The Kier molecular flexibility index (Phi) is 8.68. The molecule has 0 radical (unpaired) electrons. The van der Waals surface area contributed by atoms with Gasteiger partial charge in [0.25, 0.3) is 5.91 Å². The van der Waals surface area contributed by atoms with Crippen LogP contribution < -0.4 is 15.2 Å². The lowest BCUT2D eigenvalue weighted by molar-refractivity contribution is -0.143. The van der Waals surface area contributed by atoms with E-state index in [1.165, 1.54) is 0 Å². The Morgan fingerprint density at radius 3 is 2.64 bits per heavy atom. The minimum absolute atomic E-state index is 0.108. The molecule has 192 valence electrons. The van der Waals surface area contributed by atoms with Crippen LogP contribution in [0.25, 0.3) is 0 Å².